The van der Waals surface area contributed by atoms with Gasteiger partial charge in [0.1, 0.15) is 12.2 Å². The molecule has 1 unspecified atom stereocenters. The highest BCUT2D eigenvalue weighted by Crippen LogP contribution is 2.68. The number of carbonyl (C=O) groups is 2. The molecule has 4 saturated carbocycles. The number of hydrogen-bond acceptors (Lipinski definition) is 5. The van der Waals surface area contributed by atoms with Gasteiger partial charge in [-0.1, -0.05) is 34.6 Å². The van der Waals surface area contributed by atoms with Gasteiger partial charge in [-0.05, 0) is 111 Å². The largest absolute Gasteiger partial charge is 0.463 e. The van der Waals surface area contributed by atoms with E-state index in [4.69, 9.17) is 9.47 Å². The fourth-order valence-corrected chi connectivity index (χ4v) is 9.86. The summed E-state index contributed by atoms with van der Waals surface area (Å²) in [5.41, 5.74) is 0.467. The lowest BCUT2D eigenvalue weighted by Gasteiger charge is -2.62. The van der Waals surface area contributed by atoms with Crippen LogP contribution in [0.5, 0.6) is 0 Å². The summed E-state index contributed by atoms with van der Waals surface area (Å²) in [6, 6.07) is 0. The molecule has 4 rings (SSSR count). The molecule has 4 aliphatic rings. The summed E-state index contributed by atoms with van der Waals surface area (Å²) in [5, 5.41) is 10.4. The SMILES string of the molecule is CC(=O)O[C@@H]1CC[C@]2(C)[C@H]3CC[C@]4(C)[C@@H]([C@H](C)CCC(O)C(C)C)CC[C@H]4[C@@H]3C[C@H](OC(C)=O)[C@@H]2C1. The van der Waals surface area contributed by atoms with Crippen molar-refractivity contribution >= 4 is 11.9 Å². The molecule has 0 aromatic rings. The first kappa shape index (κ1) is 27.9. The van der Waals surface area contributed by atoms with Crippen molar-refractivity contribution in [2.45, 2.75) is 131 Å². The van der Waals surface area contributed by atoms with Crippen molar-refractivity contribution in [3.8, 4) is 0 Å². The second-order valence-corrected chi connectivity index (χ2v) is 14.0. The zero-order valence-electron chi connectivity index (χ0n) is 23.9. The van der Waals surface area contributed by atoms with E-state index in [2.05, 4.69) is 34.6 Å². The van der Waals surface area contributed by atoms with Crippen LogP contribution in [0.3, 0.4) is 0 Å². The normalized spacial score (nSPS) is 43.6. The second kappa shape index (κ2) is 10.6. The minimum Gasteiger partial charge on any atom is -0.463 e. The van der Waals surface area contributed by atoms with E-state index in [0.29, 0.717) is 40.9 Å². The molecule has 0 radical (unpaired) electrons. The van der Waals surface area contributed by atoms with Crippen LogP contribution in [-0.2, 0) is 19.1 Å². The van der Waals surface area contributed by atoms with Crippen LogP contribution in [-0.4, -0.2) is 35.4 Å². The molecule has 4 aliphatic carbocycles. The zero-order valence-corrected chi connectivity index (χ0v) is 23.9. The van der Waals surface area contributed by atoms with Crippen LogP contribution in [0.1, 0.15) is 113 Å². The number of esters is 2. The van der Waals surface area contributed by atoms with Crippen LogP contribution < -0.4 is 0 Å². The number of aliphatic hydroxyl groups is 1. The Morgan fingerprint density at radius 1 is 0.833 bits per heavy atom. The van der Waals surface area contributed by atoms with Crippen molar-refractivity contribution in [1.29, 1.82) is 0 Å². The molecule has 0 amide bonds. The molecule has 5 nitrogen and oxygen atoms in total. The van der Waals surface area contributed by atoms with Gasteiger partial charge in [-0.25, -0.2) is 0 Å². The molecular formula is C31H52O5. The second-order valence-electron chi connectivity index (χ2n) is 14.0. The number of carbonyl (C=O) groups excluding carboxylic acids is 2. The molecule has 36 heavy (non-hydrogen) atoms. The van der Waals surface area contributed by atoms with E-state index in [1.165, 1.54) is 32.6 Å². The van der Waals surface area contributed by atoms with Crippen molar-refractivity contribution in [3.63, 3.8) is 0 Å². The Bertz CT molecular complexity index is 809. The van der Waals surface area contributed by atoms with E-state index < -0.39 is 0 Å². The summed E-state index contributed by atoms with van der Waals surface area (Å²) in [7, 11) is 0. The van der Waals surface area contributed by atoms with Crippen molar-refractivity contribution in [2.75, 3.05) is 0 Å². The molecule has 206 valence electrons. The van der Waals surface area contributed by atoms with E-state index in [-0.39, 0.29) is 41.6 Å². The topological polar surface area (TPSA) is 72.8 Å². The molecule has 0 heterocycles. The maximum Gasteiger partial charge on any atom is 0.302 e. The minimum absolute atomic E-state index is 0.0538. The lowest BCUT2D eigenvalue weighted by atomic mass is 9.43. The number of hydrogen-bond donors (Lipinski definition) is 1. The third kappa shape index (κ3) is 5.12. The van der Waals surface area contributed by atoms with Gasteiger partial charge >= 0.3 is 11.9 Å². The first-order valence-corrected chi connectivity index (χ1v) is 14.9. The van der Waals surface area contributed by atoms with Crippen LogP contribution >= 0.6 is 0 Å². The Kier molecular flexibility index (Phi) is 8.20. The highest BCUT2D eigenvalue weighted by Gasteiger charge is 2.63. The molecule has 0 saturated heterocycles. The van der Waals surface area contributed by atoms with Gasteiger partial charge in [-0.15, -0.1) is 0 Å². The van der Waals surface area contributed by atoms with Gasteiger partial charge < -0.3 is 14.6 Å². The average Bonchev–Trinajstić information content (AvgIpc) is 3.14. The number of aliphatic hydroxyl groups excluding tert-OH is 1. The van der Waals surface area contributed by atoms with Gasteiger partial charge in [0.15, 0.2) is 0 Å². The van der Waals surface area contributed by atoms with Crippen LogP contribution in [0.15, 0.2) is 0 Å². The summed E-state index contributed by atoms with van der Waals surface area (Å²) in [4.78, 5) is 23.9. The minimum atomic E-state index is -0.207. The smallest absolute Gasteiger partial charge is 0.302 e. The Morgan fingerprint density at radius 2 is 1.47 bits per heavy atom. The highest BCUT2D eigenvalue weighted by atomic mass is 16.5. The Labute approximate surface area is 219 Å². The maximum absolute atomic E-state index is 12.2. The summed E-state index contributed by atoms with van der Waals surface area (Å²) >= 11 is 0. The van der Waals surface area contributed by atoms with Crippen molar-refractivity contribution < 1.29 is 24.2 Å². The summed E-state index contributed by atoms with van der Waals surface area (Å²) < 4.78 is 11.7. The highest BCUT2D eigenvalue weighted by molar-refractivity contribution is 5.66. The van der Waals surface area contributed by atoms with Gasteiger partial charge in [0, 0.05) is 19.8 Å². The molecule has 5 heteroatoms. The number of fused-ring (bicyclic) bond motifs is 5. The molecule has 0 aliphatic heterocycles. The van der Waals surface area contributed by atoms with Crippen LogP contribution in [0.2, 0.25) is 0 Å². The molecule has 1 N–H and O–H groups in total. The first-order chi connectivity index (χ1) is 16.9. The third-order valence-electron chi connectivity index (χ3n) is 11.7. The van der Waals surface area contributed by atoms with E-state index in [0.717, 1.165) is 38.5 Å². The number of rotatable bonds is 7. The van der Waals surface area contributed by atoms with Crippen molar-refractivity contribution in [2.24, 2.45) is 52.3 Å². The first-order valence-electron chi connectivity index (χ1n) is 14.9. The molecule has 0 bridgehead atoms. The van der Waals surface area contributed by atoms with Gasteiger partial charge in [0.05, 0.1) is 6.10 Å². The van der Waals surface area contributed by atoms with Crippen molar-refractivity contribution in [1.82, 2.24) is 0 Å². The predicted octanol–water partition coefficient (Wildman–Crippen LogP) is 6.55. The average molecular weight is 505 g/mol. The Hall–Kier alpha value is -1.10. The van der Waals surface area contributed by atoms with Gasteiger partial charge in [-0.2, -0.15) is 0 Å². The fourth-order valence-electron chi connectivity index (χ4n) is 9.86. The third-order valence-corrected chi connectivity index (χ3v) is 11.7. The standard InChI is InChI=1S/C31H52O5/c1-18(2)28(34)11-8-19(3)24-9-10-25-23-17-29(36-21(5)33)27-16-22(35-20(4)32)12-14-31(27,7)26(23)13-15-30(24,25)6/h18-19,22-29,34H,8-17H2,1-7H3/t19-,22-,23+,24-,25+,26+,27+,28?,29+,30-,31-/m1/s1. The molecule has 0 spiro atoms. The number of ether oxygens (including phenoxy) is 2. The summed E-state index contributed by atoms with van der Waals surface area (Å²) in [6.45, 7) is 14.7. The van der Waals surface area contributed by atoms with Gasteiger partial charge in [0.2, 0.25) is 0 Å². The van der Waals surface area contributed by atoms with E-state index in [9.17, 15) is 14.7 Å². The summed E-state index contributed by atoms with van der Waals surface area (Å²) in [6.07, 6.45) is 10.5. The fraction of sp³-hybridized carbons (Fsp3) is 0.935. The lowest BCUT2D eigenvalue weighted by molar-refractivity contribution is -0.197. The lowest BCUT2D eigenvalue weighted by Crippen LogP contribution is -2.59. The molecule has 11 atom stereocenters. The molecule has 0 aromatic heterocycles. The summed E-state index contributed by atoms with van der Waals surface area (Å²) in [5.74, 6) is 3.46. The van der Waals surface area contributed by atoms with Crippen LogP contribution in [0.25, 0.3) is 0 Å². The Morgan fingerprint density at radius 3 is 2.11 bits per heavy atom. The monoisotopic (exact) mass is 504 g/mol. The van der Waals surface area contributed by atoms with E-state index in [1.54, 1.807) is 6.92 Å². The van der Waals surface area contributed by atoms with Gasteiger partial charge in [0.25, 0.3) is 0 Å². The predicted molar refractivity (Wildman–Crippen MR) is 141 cm³/mol. The van der Waals surface area contributed by atoms with Gasteiger partial charge in [-0.3, -0.25) is 9.59 Å². The van der Waals surface area contributed by atoms with E-state index >= 15 is 0 Å². The van der Waals surface area contributed by atoms with E-state index in [1.807, 2.05) is 0 Å². The van der Waals surface area contributed by atoms with Crippen molar-refractivity contribution in [3.05, 3.63) is 0 Å². The zero-order chi connectivity index (χ0) is 26.4. The molecular weight excluding hydrogens is 452 g/mol. The maximum atomic E-state index is 12.2. The van der Waals surface area contributed by atoms with Crippen LogP contribution in [0, 0.1) is 52.3 Å². The molecule has 0 aromatic carbocycles. The molecule has 4 fully saturated rings. The Balaban J connectivity index is 1.54. The quantitative estimate of drug-likeness (QED) is 0.398. The van der Waals surface area contributed by atoms with Crippen LogP contribution in [0.4, 0.5) is 0 Å².